The van der Waals surface area contributed by atoms with Crippen molar-refractivity contribution in [3.8, 4) is 0 Å². The summed E-state index contributed by atoms with van der Waals surface area (Å²) in [7, 11) is 0. The molecule has 0 spiro atoms. The number of hydrogen-bond acceptors (Lipinski definition) is 3. The molecule has 1 aromatic carbocycles. The van der Waals surface area contributed by atoms with Crippen LogP contribution in [-0.2, 0) is 22.6 Å². The molecule has 130 valence electrons. The van der Waals surface area contributed by atoms with Gasteiger partial charge in [-0.15, -0.1) is 0 Å². The predicted octanol–water partition coefficient (Wildman–Crippen LogP) is 2.80. The van der Waals surface area contributed by atoms with Gasteiger partial charge in [0.15, 0.2) is 0 Å². The Bertz CT molecular complexity index is 761. The third-order valence-corrected chi connectivity index (χ3v) is 4.77. The fourth-order valence-corrected chi connectivity index (χ4v) is 3.12. The van der Waals surface area contributed by atoms with E-state index < -0.39 is 11.8 Å². The standard InChI is InChI=1S/C20H23N3O2/c1-3-15(2)23(14-16-7-6-11-21-13-16)20(25)19(24)22-12-10-17-8-4-5-9-18(17)22/h4-9,11,13,15H,3,10,12,14H2,1-2H3/t15-/m1/s1. The summed E-state index contributed by atoms with van der Waals surface area (Å²) in [4.78, 5) is 33.2. The van der Waals surface area contributed by atoms with Crippen LogP contribution in [0.25, 0.3) is 0 Å². The molecule has 2 heterocycles. The van der Waals surface area contributed by atoms with Gasteiger partial charge in [-0.05, 0) is 43.0 Å². The van der Waals surface area contributed by atoms with Crippen molar-refractivity contribution in [1.29, 1.82) is 0 Å². The third kappa shape index (κ3) is 3.55. The second-order valence-corrected chi connectivity index (χ2v) is 6.39. The minimum Gasteiger partial charge on any atom is -0.327 e. The SMILES string of the molecule is CC[C@@H](C)N(Cc1cccnc1)C(=O)C(=O)N1CCc2ccccc21. The van der Waals surface area contributed by atoms with E-state index in [1.54, 1.807) is 22.2 Å². The summed E-state index contributed by atoms with van der Waals surface area (Å²) in [5, 5.41) is 0. The van der Waals surface area contributed by atoms with E-state index in [0.29, 0.717) is 13.1 Å². The van der Waals surface area contributed by atoms with Crippen molar-refractivity contribution in [2.24, 2.45) is 0 Å². The molecule has 0 N–H and O–H groups in total. The molecule has 0 saturated heterocycles. The number of rotatable bonds is 4. The molecule has 0 fully saturated rings. The van der Waals surface area contributed by atoms with Gasteiger partial charge in [-0.3, -0.25) is 14.6 Å². The first-order chi connectivity index (χ1) is 12.1. The highest BCUT2D eigenvalue weighted by atomic mass is 16.2. The number of fused-ring (bicyclic) bond motifs is 1. The van der Waals surface area contributed by atoms with E-state index in [9.17, 15) is 9.59 Å². The molecule has 1 aliphatic rings. The molecule has 3 rings (SSSR count). The van der Waals surface area contributed by atoms with Gasteiger partial charge in [0.2, 0.25) is 0 Å². The van der Waals surface area contributed by atoms with Gasteiger partial charge in [0.1, 0.15) is 0 Å². The average Bonchev–Trinajstić information content (AvgIpc) is 3.09. The average molecular weight is 337 g/mol. The maximum absolute atomic E-state index is 13.0. The number of para-hydroxylation sites is 1. The lowest BCUT2D eigenvalue weighted by Crippen LogP contribution is -2.47. The zero-order valence-electron chi connectivity index (χ0n) is 14.7. The molecule has 2 amide bonds. The number of amides is 2. The Kier molecular flexibility index (Phi) is 5.12. The van der Waals surface area contributed by atoms with Crippen molar-refractivity contribution in [2.75, 3.05) is 11.4 Å². The fraction of sp³-hybridized carbons (Fsp3) is 0.350. The maximum atomic E-state index is 13.0. The third-order valence-electron chi connectivity index (χ3n) is 4.77. The van der Waals surface area contributed by atoms with Crippen molar-refractivity contribution >= 4 is 17.5 Å². The fourth-order valence-electron chi connectivity index (χ4n) is 3.12. The number of nitrogens with zero attached hydrogens (tertiary/aromatic N) is 3. The molecule has 2 aromatic rings. The second kappa shape index (κ2) is 7.47. The summed E-state index contributed by atoms with van der Waals surface area (Å²) >= 11 is 0. The number of carbonyl (C=O) groups is 2. The first-order valence-electron chi connectivity index (χ1n) is 8.71. The van der Waals surface area contributed by atoms with Crippen LogP contribution < -0.4 is 4.90 Å². The summed E-state index contributed by atoms with van der Waals surface area (Å²) in [6, 6.07) is 11.5. The molecule has 5 nitrogen and oxygen atoms in total. The molecule has 25 heavy (non-hydrogen) atoms. The van der Waals surface area contributed by atoms with Gasteiger partial charge in [0, 0.05) is 37.2 Å². The van der Waals surface area contributed by atoms with E-state index in [4.69, 9.17) is 0 Å². The summed E-state index contributed by atoms with van der Waals surface area (Å²) in [5.41, 5.74) is 2.89. The number of carbonyl (C=O) groups excluding carboxylic acids is 2. The van der Waals surface area contributed by atoms with Gasteiger partial charge >= 0.3 is 11.8 Å². The van der Waals surface area contributed by atoms with E-state index in [2.05, 4.69) is 4.98 Å². The Hall–Kier alpha value is -2.69. The number of hydrogen-bond donors (Lipinski definition) is 0. The van der Waals surface area contributed by atoms with Crippen LogP contribution in [0, 0.1) is 0 Å². The van der Waals surface area contributed by atoms with Crippen LogP contribution in [0.2, 0.25) is 0 Å². The minimum absolute atomic E-state index is 0.0190. The lowest BCUT2D eigenvalue weighted by atomic mass is 10.1. The molecule has 5 heteroatoms. The summed E-state index contributed by atoms with van der Waals surface area (Å²) in [6.07, 6.45) is 5.01. The highest BCUT2D eigenvalue weighted by molar-refractivity contribution is 6.40. The zero-order valence-corrected chi connectivity index (χ0v) is 14.7. The number of benzene rings is 1. The Morgan fingerprint density at radius 3 is 2.76 bits per heavy atom. The van der Waals surface area contributed by atoms with Crippen LogP contribution in [0.5, 0.6) is 0 Å². The second-order valence-electron chi connectivity index (χ2n) is 6.39. The predicted molar refractivity (Wildman–Crippen MR) is 97.0 cm³/mol. The Morgan fingerprint density at radius 1 is 1.24 bits per heavy atom. The van der Waals surface area contributed by atoms with Crippen LogP contribution in [0.4, 0.5) is 5.69 Å². The van der Waals surface area contributed by atoms with Gasteiger partial charge in [0.05, 0.1) is 0 Å². The number of anilines is 1. The summed E-state index contributed by atoms with van der Waals surface area (Å²) in [6.45, 7) is 4.94. The molecule has 0 aliphatic carbocycles. The molecule has 1 atom stereocenters. The van der Waals surface area contributed by atoms with Crippen molar-refractivity contribution in [2.45, 2.75) is 39.3 Å². The first-order valence-corrected chi connectivity index (χ1v) is 8.71. The quantitative estimate of drug-likeness (QED) is 0.806. The molecule has 1 aliphatic heterocycles. The van der Waals surface area contributed by atoms with Crippen molar-refractivity contribution in [1.82, 2.24) is 9.88 Å². The molecule has 0 saturated carbocycles. The molecule has 1 aromatic heterocycles. The molecular weight excluding hydrogens is 314 g/mol. The van der Waals surface area contributed by atoms with Crippen LogP contribution >= 0.6 is 0 Å². The molecule has 0 bridgehead atoms. The smallest absolute Gasteiger partial charge is 0.316 e. The van der Waals surface area contributed by atoms with Crippen LogP contribution in [-0.4, -0.2) is 34.3 Å². The van der Waals surface area contributed by atoms with E-state index in [-0.39, 0.29) is 6.04 Å². The Balaban J connectivity index is 1.81. The van der Waals surface area contributed by atoms with Crippen LogP contribution in [0.15, 0.2) is 48.8 Å². The zero-order chi connectivity index (χ0) is 17.8. The highest BCUT2D eigenvalue weighted by Crippen LogP contribution is 2.28. The highest BCUT2D eigenvalue weighted by Gasteiger charge is 2.33. The van der Waals surface area contributed by atoms with Crippen LogP contribution in [0.1, 0.15) is 31.4 Å². The normalized spacial score (nSPS) is 14.1. The lowest BCUT2D eigenvalue weighted by Gasteiger charge is -2.29. The topological polar surface area (TPSA) is 53.5 Å². The van der Waals surface area contributed by atoms with Gasteiger partial charge in [0.25, 0.3) is 0 Å². The van der Waals surface area contributed by atoms with Crippen molar-refractivity contribution < 1.29 is 9.59 Å². The molecule has 0 radical (unpaired) electrons. The monoisotopic (exact) mass is 337 g/mol. The van der Waals surface area contributed by atoms with E-state index in [0.717, 1.165) is 29.7 Å². The number of aromatic nitrogens is 1. The van der Waals surface area contributed by atoms with Gasteiger partial charge < -0.3 is 9.80 Å². The lowest BCUT2D eigenvalue weighted by molar-refractivity contribution is -0.146. The van der Waals surface area contributed by atoms with Gasteiger partial charge in [-0.2, -0.15) is 0 Å². The Morgan fingerprint density at radius 2 is 2.04 bits per heavy atom. The molecule has 0 unspecified atom stereocenters. The summed E-state index contributed by atoms with van der Waals surface area (Å²) < 4.78 is 0. The van der Waals surface area contributed by atoms with Crippen LogP contribution in [0.3, 0.4) is 0 Å². The molecular formula is C20H23N3O2. The van der Waals surface area contributed by atoms with E-state index >= 15 is 0 Å². The maximum Gasteiger partial charge on any atom is 0.316 e. The number of pyridine rings is 1. The van der Waals surface area contributed by atoms with Gasteiger partial charge in [-0.25, -0.2) is 0 Å². The largest absolute Gasteiger partial charge is 0.327 e. The Labute approximate surface area is 148 Å². The van der Waals surface area contributed by atoms with Crippen molar-refractivity contribution in [3.05, 3.63) is 59.9 Å². The van der Waals surface area contributed by atoms with E-state index in [1.807, 2.05) is 50.2 Å². The summed E-state index contributed by atoms with van der Waals surface area (Å²) in [5.74, 6) is -0.899. The first kappa shape index (κ1) is 17.1. The van der Waals surface area contributed by atoms with Gasteiger partial charge in [-0.1, -0.05) is 31.2 Å². The van der Waals surface area contributed by atoms with Crippen molar-refractivity contribution in [3.63, 3.8) is 0 Å². The minimum atomic E-state index is -0.450. The van der Waals surface area contributed by atoms with E-state index in [1.165, 1.54) is 0 Å².